The quantitative estimate of drug-likeness (QED) is 0.518. The molecule has 172 valence electrons. The van der Waals surface area contributed by atoms with Crippen LogP contribution < -0.4 is 9.62 Å². The zero-order valence-electron chi connectivity index (χ0n) is 18.3. The number of halogens is 1. The first-order valence-electron chi connectivity index (χ1n) is 10.6. The summed E-state index contributed by atoms with van der Waals surface area (Å²) in [4.78, 5) is 28.0. The van der Waals surface area contributed by atoms with Crippen LogP contribution in [-0.2, 0) is 24.3 Å². The Labute approximate surface area is 197 Å². The highest BCUT2D eigenvalue weighted by Crippen LogP contribution is 2.52. The average molecular weight is 487 g/mol. The van der Waals surface area contributed by atoms with E-state index < -0.39 is 39.5 Å². The Morgan fingerprint density at radius 3 is 2.33 bits per heavy atom. The standard InChI is InChI=1S/C24H23ClN2O5S/c1-13-10-14(2)21(15(3)11-13)33(30,31)26-12-24-9-8-18(32-24)19-20(24)23(29)27(22(19)28)17-6-4-16(25)5-7-17/h4-11,18-20,26H,12H2,1-3H3/t18-,19+,20-,24+/m0/s1. The van der Waals surface area contributed by atoms with Crippen LogP contribution in [0.3, 0.4) is 0 Å². The normalized spacial score (nSPS) is 28.1. The fourth-order valence-corrected chi connectivity index (χ4v) is 7.07. The number of imide groups is 1. The lowest BCUT2D eigenvalue weighted by Crippen LogP contribution is -2.49. The summed E-state index contributed by atoms with van der Waals surface area (Å²) in [5.41, 5.74) is 1.48. The minimum absolute atomic E-state index is 0.149. The Balaban J connectivity index is 1.44. The van der Waals surface area contributed by atoms with Crippen molar-refractivity contribution >= 4 is 39.1 Å². The van der Waals surface area contributed by atoms with Crippen LogP contribution in [0.15, 0.2) is 53.4 Å². The van der Waals surface area contributed by atoms with E-state index in [-0.39, 0.29) is 17.3 Å². The maximum atomic E-state index is 13.4. The highest BCUT2D eigenvalue weighted by Gasteiger charge is 2.67. The SMILES string of the molecule is Cc1cc(C)c(S(=O)(=O)NC[C@@]23C=C[C@H](O2)[C@H]2C(=O)N(c4ccc(Cl)cc4)C(=O)[C@H]23)c(C)c1. The van der Waals surface area contributed by atoms with Crippen molar-refractivity contribution in [2.24, 2.45) is 11.8 Å². The number of aryl methyl sites for hydroxylation is 3. The topological polar surface area (TPSA) is 92.8 Å². The van der Waals surface area contributed by atoms with Crippen LogP contribution in [0.25, 0.3) is 0 Å². The fourth-order valence-electron chi connectivity index (χ4n) is 5.42. The minimum atomic E-state index is -3.87. The number of benzene rings is 2. The molecule has 2 fully saturated rings. The summed E-state index contributed by atoms with van der Waals surface area (Å²) in [6.07, 6.45) is 2.89. The summed E-state index contributed by atoms with van der Waals surface area (Å²) in [6.45, 7) is 5.27. The molecule has 0 spiro atoms. The van der Waals surface area contributed by atoms with E-state index in [0.717, 1.165) is 10.5 Å². The summed E-state index contributed by atoms with van der Waals surface area (Å²) in [6, 6.07) is 10.1. The maximum absolute atomic E-state index is 13.4. The van der Waals surface area contributed by atoms with Gasteiger partial charge in [-0.05, 0) is 56.2 Å². The zero-order valence-corrected chi connectivity index (χ0v) is 19.9. The maximum Gasteiger partial charge on any atom is 0.241 e. The van der Waals surface area contributed by atoms with Gasteiger partial charge in [0, 0.05) is 11.6 Å². The Kier molecular flexibility index (Phi) is 5.06. The smallest absolute Gasteiger partial charge is 0.241 e. The van der Waals surface area contributed by atoms with Crippen LogP contribution in [0.4, 0.5) is 5.69 Å². The van der Waals surface area contributed by atoms with Crippen molar-refractivity contribution in [3.05, 3.63) is 70.3 Å². The number of hydrogen-bond donors (Lipinski definition) is 1. The summed E-state index contributed by atoms with van der Waals surface area (Å²) in [5, 5.41) is 0.496. The molecular formula is C24H23ClN2O5S. The summed E-state index contributed by atoms with van der Waals surface area (Å²) < 4.78 is 35.1. The molecule has 3 aliphatic rings. The van der Waals surface area contributed by atoms with Gasteiger partial charge in [-0.3, -0.25) is 9.59 Å². The number of rotatable bonds is 5. The zero-order chi connectivity index (χ0) is 23.7. The summed E-state index contributed by atoms with van der Waals surface area (Å²) in [5.74, 6) is -2.25. The van der Waals surface area contributed by atoms with Gasteiger partial charge in [0.15, 0.2) is 0 Å². The number of anilines is 1. The first-order chi connectivity index (χ1) is 15.5. The molecule has 4 atom stereocenters. The van der Waals surface area contributed by atoms with E-state index in [4.69, 9.17) is 16.3 Å². The number of fused-ring (bicyclic) bond motifs is 5. The summed E-state index contributed by atoms with van der Waals surface area (Å²) in [7, 11) is -3.87. The van der Waals surface area contributed by atoms with Crippen LogP contribution in [-0.4, -0.2) is 38.5 Å². The molecule has 1 N–H and O–H groups in total. The first kappa shape index (κ1) is 22.3. The average Bonchev–Trinajstić information content (AvgIpc) is 3.37. The Bertz CT molecular complexity index is 1300. The molecule has 0 unspecified atom stereocenters. The molecule has 33 heavy (non-hydrogen) atoms. The lowest BCUT2D eigenvalue weighted by atomic mass is 9.77. The van der Waals surface area contributed by atoms with Gasteiger partial charge in [0.2, 0.25) is 21.8 Å². The van der Waals surface area contributed by atoms with Crippen molar-refractivity contribution in [3.8, 4) is 0 Å². The molecule has 0 saturated carbocycles. The first-order valence-corrected chi connectivity index (χ1v) is 12.5. The number of nitrogens with one attached hydrogen (secondary N) is 1. The Hall–Kier alpha value is -2.52. The molecule has 3 aliphatic heterocycles. The third-order valence-corrected chi connectivity index (χ3v) is 8.61. The molecule has 0 radical (unpaired) electrons. The van der Waals surface area contributed by atoms with Crippen LogP contribution in [0.2, 0.25) is 5.02 Å². The molecular weight excluding hydrogens is 464 g/mol. The van der Waals surface area contributed by atoms with Gasteiger partial charge in [-0.1, -0.05) is 41.4 Å². The molecule has 2 amide bonds. The second-order valence-electron chi connectivity index (χ2n) is 8.94. The molecule has 5 rings (SSSR count). The third kappa shape index (κ3) is 3.35. The van der Waals surface area contributed by atoms with Crippen molar-refractivity contribution in [2.45, 2.75) is 37.4 Å². The predicted molar refractivity (Wildman–Crippen MR) is 124 cm³/mol. The van der Waals surface area contributed by atoms with E-state index in [2.05, 4.69) is 4.72 Å². The molecule has 0 aromatic heterocycles. The van der Waals surface area contributed by atoms with Crippen LogP contribution in [0.5, 0.6) is 0 Å². The molecule has 9 heteroatoms. The van der Waals surface area contributed by atoms with Crippen molar-refractivity contribution in [1.29, 1.82) is 0 Å². The number of sulfonamides is 1. The number of carbonyl (C=O) groups excluding carboxylic acids is 2. The monoisotopic (exact) mass is 486 g/mol. The van der Waals surface area contributed by atoms with E-state index in [1.165, 1.54) is 0 Å². The second-order valence-corrected chi connectivity index (χ2v) is 11.1. The molecule has 0 aliphatic carbocycles. The van der Waals surface area contributed by atoms with Gasteiger partial charge in [-0.25, -0.2) is 18.0 Å². The van der Waals surface area contributed by atoms with E-state index in [1.54, 1.807) is 50.3 Å². The summed E-state index contributed by atoms with van der Waals surface area (Å²) >= 11 is 5.95. The number of carbonyl (C=O) groups is 2. The predicted octanol–water partition coefficient (Wildman–Crippen LogP) is 3.06. The number of hydrogen-bond acceptors (Lipinski definition) is 5. The second kappa shape index (κ2) is 7.50. The Morgan fingerprint density at radius 2 is 1.70 bits per heavy atom. The minimum Gasteiger partial charge on any atom is -0.361 e. The van der Waals surface area contributed by atoms with Gasteiger partial charge in [0.25, 0.3) is 0 Å². The molecule has 2 aromatic carbocycles. The number of amides is 2. The lowest BCUT2D eigenvalue weighted by molar-refractivity contribution is -0.126. The van der Waals surface area contributed by atoms with Gasteiger partial charge in [0.1, 0.15) is 5.60 Å². The highest BCUT2D eigenvalue weighted by atomic mass is 35.5. The largest absolute Gasteiger partial charge is 0.361 e. The van der Waals surface area contributed by atoms with Gasteiger partial charge in [-0.15, -0.1) is 0 Å². The van der Waals surface area contributed by atoms with Crippen molar-refractivity contribution in [1.82, 2.24) is 4.72 Å². The highest BCUT2D eigenvalue weighted by molar-refractivity contribution is 7.89. The van der Waals surface area contributed by atoms with E-state index in [1.807, 2.05) is 19.1 Å². The number of nitrogens with zero attached hydrogens (tertiary/aromatic N) is 1. The van der Waals surface area contributed by atoms with Crippen LogP contribution >= 0.6 is 11.6 Å². The van der Waals surface area contributed by atoms with Gasteiger partial charge < -0.3 is 4.74 Å². The number of ether oxygens (including phenoxy) is 1. The van der Waals surface area contributed by atoms with E-state index in [0.29, 0.717) is 21.8 Å². The third-order valence-electron chi connectivity index (χ3n) is 6.65. The van der Waals surface area contributed by atoms with E-state index >= 15 is 0 Å². The lowest BCUT2D eigenvalue weighted by Gasteiger charge is -2.29. The molecule has 2 aromatic rings. The van der Waals surface area contributed by atoms with Crippen molar-refractivity contribution in [2.75, 3.05) is 11.4 Å². The molecule has 7 nitrogen and oxygen atoms in total. The van der Waals surface area contributed by atoms with Crippen molar-refractivity contribution in [3.63, 3.8) is 0 Å². The van der Waals surface area contributed by atoms with E-state index in [9.17, 15) is 18.0 Å². The molecule has 2 bridgehead atoms. The molecule has 2 saturated heterocycles. The fraction of sp³-hybridized carbons (Fsp3) is 0.333. The molecule has 3 heterocycles. The van der Waals surface area contributed by atoms with Crippen LogP contribution in [0, 0.1) is 32.6 Å². The van der Waals surface area contributed by atoms with Gasteiger partial charge >= 0.3 is 0 Å². The van der Waals surface area contributed by atoms with Crippen molar-refractivity contribution < 1.29 is 22.7 Å². The van der Waals surface area contributed by atoms with Crippen LogP contribution in [0.1, 0.15) is 16.7 Å². The Morgan fingerprint density at radius 1 is 1.06 bits per heavy atom. The van der Waals surface area contributed by atoms with Gasteiger partial charge in [0.05, 0.1) is 28.5 Å². The van der Waals surface area contributed by atoms with Gasteiger partial charge in [-0.2, -0.15) is 0 Å².